The maximum absolute atomic E-state index is 11.8. The Hall–Kier alpha value is -3.05. The van der Waals surface area contributed by atoms with Gasteiger partial charge in [-0.25, -0.2) is 0 Å². The van der Waals surface area contributed by atoms with E-state index in [1.165, 1.54) is 11.1 Å². The number of aliphatic hydroxyl groups is 1. The highest BCUT2D eigenvalue weighted by atomic mass is 16.3. The SMILES string of the molecule is Cc1cc(C(CC(c2ccc(N(C)CCO)cc2)c2ccccc2C)N=O)ccn1. The zero-order chi connectivity index (χ0) is 21.5. The molecule has 0 saturated carbocycles. The second-order valence-corrected chi connectivity index (χ2v) is 7.73. The van der Waals surface area contributed by atoms with Crippen LogP contribution in [-0.4, -0.2) is 30.3 Å². The Morgan fingerprint density at radius 1 is 1.03 bits per heavy atom. The maximum Gasteiger partial charge on any atom is 0.118 e. The first kappa shape index (κ1) is 21.7. The lowest BCUT2D eigenvalue weighted by molar-refractivity contribution is 0.304. The summed E-state index contributed by atoms with van der Waals surface area (Å²) in [6.07, 6.45) is 2.32. The Kier molecular flexibility index (Phi) is 7.31. The molecular weight excluding hydrogens is 374 g/mol. The molecule has 2 atom stereocenters. The number of benzene rings is 2. The quantitative estimate of drug-likeness (QED) is 0.501. The van der Waals surface area contributed by atoms with Gasteiger partial charge in [-0.1, -0.05) is 41.6 Å². The molecule has 5 nitrogen and oxygen atoms in total. The van der Waals surface area contributed by atoms with E-state index in [-0.39, 0.29) is 12.5 Å². The summed E-state index contributed by atoms with van der Waals surface area (Å²) in [5, 5.41) is 12.7. The molecule has 2 aromatic carbocycles. The minimum atomic E-state index is -0.451. The number of hydrogen-bond donors (Lipinski definition) is 1. The average Bonchev–Trinajstić information content (AvgIpc) is 2.76. The molecule has 1 N–H and O–H groups in total. The highest BCUT2D eigenvalue weighted by molar-refractivity contribution is 5.49. The number of aryl methyl sites for hydroxylation is 2. The van der Waals surface area contributed by atoms with Crippen LogP contribution in [0.1, 0.15) is 46.3 Å². The van der Waals surface area contributed by atoms with Crippen molar-refractivity contribution in [2.75, 3.05) is 25.1 Å². The average molecular weight is 404 g/mol. The predicted octanol–water partition coefficient (Wildman–Crippen LogP) is 5.16. The van der Waals surface area contributed by atoms with Crippen LogP contribution in [0, 0.1) is 18.8 Å². The van der Waals surface area contributed by atoms with Crippen molar-refractivity contribution in [1.29, 1.82) is 0 Å². The van der Waals surface area contributed by atoms with Gasteiger partial charge in [0.2, 0.25) is 0 Å². The molecule has 0 saturated heterocycles. The van der Waals surface area contributed by atoms with Gasteiger partial charge in [-0.05, 0) is 66.8 Å². The molecule has 0 amide bonds. The minimum Gasteiger partial charge on any atom is -0.395 e. The molecule has 5 heteroatoms. The number of nitroso groups, excluding NO2 is 1. The van der Waals surface area contributed by atoms with Gasteiger partial charge in [0, 0.05) is 37.1 Å². The van der Waals surface area contributed by atoms with E-state index in [4.69, 9.17) is 0 Å². The molecule has 0 spiro atoms. The van der Waals surface area contributed by atoms with Crippen LogP contribution in [0.2, 0.25) is 0 Å². The fraction of sp³-hybridized carbons (Fsp3) is 0.320. The first-order valence-corrected chi connectivity index (χ1v) is 10.3. The van der Waals surface area contributed by atoms with Crippen molar-refractivity contribution in [3.63, 3.8) is 0 Å². The fourth-order valence-corrected chi connectivity index (χ4v) is 3.90. The van der Waals surface area contributed by atoms with Gasteiger partial charge in [-0.3, -0.25) is 4.98 Å². The Bertz CT molecular complexity index is 972. The van der Waals surface area contributed by atoms with E-state index in [0.29, 0.717) is 13.0 Å². The molecule has 3 rings (SSSR count). The van der Waals surface area contributed by atoms with E-state index in [0.717, 1.165) is 22.5 Å². The Morgan fingerprint density at radius 2 is 1.77 bits per heavy atom. The lowest BCUT2D eigenvalue weighted by atomic mass is 9.82. The standard InChI is InChI=1S/C25H29N3O2/c1-18-6-4-5-7-23(18)24(17-25(27-30)21-12-13-26-19(2)16-21)20-8-10-22(11-9-20)28(3)14-15-29/h4-13,16,24-25,29H,14-15,17H2,1-3H3. The summed E-state index contributed by atoms with van der Waals surface area (Å²) in [5.41, 5.74) is 6.37. The topological polar surface area (TPSA) is 65.8 Å². The molecule has 30 heavy (non-hydrogen) atoms. The molecule has 0 radical (unpaired) electrons. The second-order valence-electron chi connectivity index (χ2n) is 7.73. The van der Waals surface area contributed by atoms with Crippen LogP contribution in [0.15, 0.2) is 72.0 Å². The summed E-state index contributed by atoms with van der Waals surface area (Å²) in [4.78, 5) is 18.1. The number of rotatable bonds is 9. The molecule has 2 unspecified atom stereocenters. The lowest BCUT2D eigenvalue weighted by Gasteiger charge is -2.24. The van der Waals surface area contributed by atoms with E-state index in [1.54, 1.807) is 6.20 Å². The van der Waals surface area contributed by atoms with Gasteiger partial charge in [0.25, 0.3) is 0 Å². The van der Waals surface area contributed by atoms with Crippen LogP contribution in [0.25, 0.3) is 0 Å². The third kappa shape index (κ3) is 5.10. The van der Waals surface area contributed by atoms with Crippen LogP contribution in [0.5, 0.6) is 0 Å². The fourth-order valence-electron chi connectivity index (χ4n) is 3.90. The van der Waals surface area contributed by atoms with Crippen LogP contribution in [0.3, 0.4) is 0 Å². The third-order valence-electron chi connectivity index (χ3n) is 5.63. The smallest absolute Gasteiger partial charge is 0.118 e. The summed E-state index contributed by atoms with van der Waals surface area (Å²) in [5.74, 6) is 0.0413. The molecule has 0 aliphatic heterocycles. The van der Waals surface area contributed by atoms with Crippen molar-refractivity contribution in [2.45, 2.75) is 32.2 Å². The monoisotopic (exact) mass is 403 g/mol. The zero-order valence-electron chi connectivity index (χ0n) is 17.8. The number of nitrogens with zero attached hydrogens (tertiary/aromatic N) is 3. The van der Waals surface area contributed by atoms with Crippen LogP contribution in [-0.2, 0) is 0 Å². The van der Waals surface area contributed by atoms with E-state index in [2.05, 4.69) is 53.5 Å². The van der Waals surface area contributed by atoms with Gasteiger partial charge in [0.05, 0.1) is 6.61 Å². The number of pyridine rings is 1. The third-order valence-corrected chi connectivity index (χ3v) is 5.63. The van der Waals surface area contributed by atoms with Gasteiger partial charge in [-0.15, -0.1) is 0 Å². The van der Waals surface area contributed by atoms with Gasteiger partial charge < -0.3 is 10.0 Å². The summed E-state index contributed by atoms with van der Waals surface area (Å²) in [6.45, 7) is 4.72. The molecule has 0 aliphatic rings. The van der Waals surface area contributed by atoms with Crippen LogP contribution >= 0.6 is 0 Å². The number of aromatic nitrogens is 1. The van der Waals surface area contributed by atoms with Crippen molar-refractivity contribution >= 4 is 5.69 Å². The summed E-state index contributed by atoms with van der Waals surface area (Å²) < 4.78 is 0. The number of hydrogen-bond acceptors (Lipinski definition) is 5. The van der Waals surface area contributed by atoms with Crippen molar-refractivity contribution in [1.82, 2.24) is 4.98 Å². The molecule has 0 aliphatic carbocycles. The van der Waals surface area contributed by atoms with Crippen molar-refractivity contribution < 1.29 is 5.11 Å². The predicted molar refractivity (Wildman–Crippen MR) is 122 cm³/mol. The number of likely N-dealkylation sites (N-methyl/N-ethyl adjacent to an activating group) is 1. The van der Waals surface area contributed by atoms with Gasteiger partial charge in [0.1, 0.15) is 6.04 Å². The van der Waals surface area contributed by atoms with E-state index < -0.39 is 6.04 Å². The lowest BCUT2D eigenvalue weighted by Crippen LogP contribution is -2.21. The number of aliphatic hydroxyl groups excluding tert-OH is 1. The van der Waals surface area contributed by atoms with Gasteiger partial charge >= 0.3 is 0 Å². The van der Waals surface area contributed by atoms with Gasteiger partial charge in [-0.2, -0.15) is 4.91 Å². The van der Waals surface area contributed by atoms with E-state index >= 15 is 0 Å². The maximum atomic E-state index is 11.8. The normalized spacial score (nSPS) is 12.9. The Morgan fingerprint density at radius 3 is 2.40 bits per heavy atom. The largest absolute Gasteiger partial charge is 0.395 e. The second kappa shape index (κ2) is 10.1. The summed E-state index contributed by atoms with van der Waals surface area (Å²) in [7, 11) is 1.96. The molecule has 1 heterocycles. The van der Waals surface area contributed by atoms with E-state index in [1.807, 2.05) is 43.1 Å². The molecule has 1 aromatic heterocycles. The first-order chi connectivity index (χ1) is 14.5. The van der Waals surface area contributed by atoms with Crippen LogP contribution < -0.4 is 4.90 Å². The van der Waals surface area contributed by atoms with E-state index in [9.17, 15) is 10.0 Å². The summed E-state index contributed by atoms with van der Waals surface area (Å²) >= 11 is 0. The van der Waals surface area contributed by atoms with Gasteiger partial charge in [0.15, 0.2) is 0 Å². The molecular formula is C25H29N3O2. The van der Waals surface area contributed by atoms with Crippen molar-refractivity contribution in [3.8, 4) is 0 Å². The molecule has 3 aromatic rings. The minimum absolute atomic E-state index is 0.0413. The molecule has 0 bridgehead atoms. The Balaban J connectivity index is 1.97. The van der Waals surface area contributed by atoms with Crippen molar-refractivity contribution in [3.05, 3.63) is 99.7 Å². The molecule has 0 fully saturated rings. The summed E-state index contributed by atoms with van der Waals surface area (Å²) in [6, 6.07) is 20.0. The number of anilines is 1. The van der Waals surface area contributed by atoms with Crippen molar-refractivity contribution in [2.24, 2.45) is 5.18 Å². The zero-order valence-corrected chi connectivity index (χ0v) is 17.8. The highest BCUT2D eigenvalue weighted by Crippen LogP contribution is 2.37. The Labute approximate surface area is 178 Å². The first-order valence-electron chi connectivity index (χ1n) is 10.3. The highest BCUT2D eigenvalue weighted by Gasteiger charge is 2.23. The van der Waals surface area contributed by atoms with Crippen LogP contribution in [0.4, 0.5) is 5.69 Å². The molecule has 156 valence electrons.